The van der Waals surface area contributed by atoms with E-state index in [9.17, 15) is 4.39 Å². The van der Waals surface area contributed by atoms with Crippen LogP contribution in [0.4, 0.5) is 10.1 Å². The molecule has 1 N–H and O–H groups in total. The van der Waals surface area contributed by atoms with E-state index in [-0.39, 0.29) is 0 Å². The standard InChI is InChI=1S/C15H14ClFN2/c16-12-3-1-2-10(6-12)11-7-14(8-11)19-13-4-5-15(17)18-9-13/h1-6,9,11,14,19H,7-8H2. The lowest BCUT2D eigenvalue weighted by molar-refractivity contribution is 0.374. The number of anilines is 1. The van der Waals surface area contributed by atoms with E-state index >= 15 is 0 Å². The molecule has 2 nitrogen and oxygen atoms in total. The van der Waals surface area contributed by atoms with Gasteiger partial charge in [0, 0.05) is 11.1 Å². The van der Waals surface area contributed by atoms with Crippen LogP contribution in [0.15, 0.2) is 42.6 Å². The van der Waals surface area contributed by atoms with Gasteiger partial charge in [-0.1, -0.05) is 23.7 Å². The van der Waals surface area contributed by atoms with E-state index in [0.29, 0.717) is 12.0 Å². The number of nitrogens with one attached hydrogen (secondary N) is 1. The van der Waals surface area contributed by atoms with Gasteiger partial charge in [-0.05, 0) is 48.6 Å². The van der Waals surface area contributed by atoms with Crippen LogP contribution in [0.25, 0.3) is 0 Å². The van der Waals surface area contributed by atoms with E-state index in [1.165, 1.54) is 17.8 Å². The molecule has 0 amide bonds. The largest absolute Gasteiger partial charge is 0.381 e. The van der Waals surface area contributed by atoms with Crippen LogP contribution in [0.2, 0.25) is 5.02 Å². The van der Waals surface area contributed by atoms with Gasteiger partial charge in [-0.2, -0.15) is 4.39 Å². The van der Waals surface area contributed by atoms with Crippen molar-refractivity contribution < 1.29 is 4.39 Å². The number of benzene rings is 1. The quantitative estimate of drug-likeness (QED) is 0.849. The summed E-state index contributed by atoms with van der Waals surface area (Å²) < 4.78 is 12.7. The Morgan fingerprint density at radius 1 is 1.21 bits per heavy atom. The molecular weight excluding hydrogens is 263 g/mol. The molecule has 0 unspecified atom stereocenters. The first kappa shape index (κ1) is 12.4. The molecule has 19 heavy (non-hydrogen) atoms. The van der Waals surface area contributed by atoms with Crippen LogP contribution < -0.4 is 5.32 Å². The second kappa shape index (κ2) is 5.17. The molecule has 2 aromatic rings. The topological polar surface area (TPSA) is 24.9 Å². The summed E-state index contributed by atoms with van der Waals surface area (Å²) in [6, 6.07) is 11.5. The van der Waals surface area contributed by atoms with Crippen LogP contribution in [0.5, 0.6) is 0 Å². The van der Waals surface area contributed by atoms with Gasteiger partial charge in [0.05, 0.1) is 11.9 Å². The third-order valence-corrected chi connectivity index (χ3v) is 3.79. The molecule has 1 heterocycles. The number of rotatable bonds is 3. The minimum absolute atomic E-state index is 0.427. The summed E-state index contributed by atoms with van der Waals surface area (Å²) in [6.07, 6.45) is 3.66. The zero-order valence-electron chi connectivity index (χ0n) is 10.3. The van der Waals surface area contributed by atoms with Crippen LogP contribution in [0.1, 0.15) is 24.3 Å². The van der Waals surface area contributed by atoms with Crippen molar-refractivity contribution in [3.63, 3.8) is 0 Å². The minimum atomic E-state index is -0.448. The van der Waals surface area contributed by atoms with E-state index in [0.717, 1.165) is 23.6 Å². The van der Waals surface area contributed by atoms with E-state index in [4.69, 9.17) is 11.6 Å². The van der Waals surface area contributed by atoms with Gasteiger partial charge in [-0.3, -0.25) is 0 Å². The maximum absolute atomic E-state index is 12.7. The molecule has 3 rings (SSSR count). The minimum Gasteiger partial charge on any atom is -0.381 e. The highest BCUT2D eigenvalue weighted by Gasteiger charge is 2.30. The van der Waals surface area contributed by atoms with Crippen molar-refractivity contribution in [2.24, 2.45) is 0 Å². The van der Waals surface area contributed by atoms with Gasteiger partial charge in [0.25, 0.3) is 0 Å². The van der Waals surface area contributed by atoms with Crippen molar-refractivity contribution in [3.8, 4) is 0 Å². The lowest BCUT2D eigenvalue weighted by Gasteiger charge is -2.36. The van der Waals surface area contributed by atoms with Gasteiger partial charge in [-0.25, -0.2) is 4.98 Å². The van der Waals surface area contributed by atoms with Gasteiger partial charge in [0.15, 0.2) is 0 Å². The fourth-order valence-corrected chi connectivity index (χ4v) is 2.66. The van der Waals surface area contributed by atoms with Gasteiger partial charge in [0.1, 0.15) is 0 Å². The molecule has 0 radical (unpaired) electrons. The Labute approximate surface area is 116 Å². The highest BCUT2D eigenvalue weighted by molar-refractivity contribution is 6.30. The summed E-state index contributed by atoms with van der Waals surface area (Å²) in [5, 5.41) is 4.15. The maximum Gasteiger partial charge on any atom is 0.212 e. The SMILES string of the molecule is Fc1ccc(NC2CC(c3cccc(Cl)c3)C2)cn1. The van der Waals surface area contributed by atoms with Crippen molar-refractivity contribution in [2.75, 3.05) is 5.32 Å². The van der Waals surface area contributed by atoms with Gasteiger partial charge in [0.2, 0.25) is 5.95 Å². The number of aromatic nitrogens is 1. The molecule has 0 aliphatic heterocycles. The van der Waals surface area contributed by atoms with Crippen LogP contribution in [0, 0.1) is 5.95 Å². The van der Waals surface area contributed by atoms with Crippen LogP contribution in [0.3, 0.4) is 0 Å². The average Bonchev–Trinajstić information content (AvgIpc) is 2.35. The summed E-state index contributed by atoms with van der Waals surface area (Å²) in [6.45, 7) is 0. The smallest absolute Gasteiger partial charge is 0.212 e. The van der Waals surface area contributed by atoms with Crippen molar-refractivity contribution in [1.29, 1.82) is 0 Å². The number of halogens is 2. The molecule has 0 bridgehead atoms. The van der Waals surface area contributed by atoms with E-state index in [1.54, 1.807) is 6.07 Å². The monoisotopic (exact) mass is 276 g/mol. The van der Waals surface area contributed by atoms with E-state index < -0.39 is 5.95 Å². The van der Waals surface area contributed by atoms with Gasteiger partial charge < -0.3 is 5.32 Å². The molecule has 0 saturated heterocycles. The first-order valence-corrected chi connectivity index (χ1v) is 6.72. The normalized spacial score (nSPS) is 21.8. The van der Waals surface area contributed by atoms with Crippen LogP contribution >= 0.6 is 11.6 Å². The fraction of sp³-hybridized carbons (Fsp3) is 0.267. The van der Waals surface area contributed by atoms with Crippen molar-refractivity contribution in [3.05, 3.63) is 59.1 Å². The zero-order valence-corrected chi connectivity index (χ0v) is 11.1. The maximum atomic E-state index is 12.7. The summed E-state index contributed by atoms with van der Waals surface area (Å²) >= 11 is 5.99. The first-order valence-electron chi connectivity index (χ1n) is 6.34. The molecule has 4 heteroatoms. The molecule has 1 aliphatic carbocycles. The van der Waals surface area contributed by atoms with Crippen LogP contribution in [-0.2, 0) is 0 Å². The molecule has 1 fully saturated rings. The van der Waals surface area contributed by atoms with Gasteiger partial charge in [-0.15, -0.1) is 0 Å². The predicted octanol–water partition coefficient (Wildman–Crippen LogP) is 4.23. The molecule has 0 atom stereocenters. The Morgan fingerprint density at radius 3 is 2.74 bits per heavy atom. The summed E-state index contributed by atoms with van der Waals surface area (Å²) in [5.74, 6) is 0.112. The average molecular weight is 277 g/mol. The highest BCUT2D eigenvalue weighted by atomic mass is 35.5. The molecular formula is C15H14ClFN2. The number of pyridine rings is 1. The molecule has 1 saturated carbocycles. The fourth-order valence-electron chi connectivity index (χ4n) is 2.47. The van der Waals surface area contributed by atoms with E-state index in [1.807, 2.05) is 18.2 Å². The Bertz CT molecular complexity index is 565. The molecule has 98 valence electrons. The number of hydrogen-bond acceptors (Lipinski definition) is 2. The summed E-state index contributed by atoms with van der Waals surface area (Å²) in [5.41, 5.74) is 2.17. The molecule has 0 spiro atoms. The van der Waals surface area contributed by atoms with Crippen LogP contribution in [-0.4, -0.2) is 11.0 Å². The Balaban J connectivity index is 1.57. The Hall–Kier alpha value is -1.61. The number of hydrogen-bond donors (Lipinski definition) is 1. The van der Waals surface area contributed by atoms with Crippen molar-refractivity contribution in [2.45, 2.75) is 24.8 Å². The third-order valence-electron chi connectivity index (χ3n) is 3.56. The zero-order chi connectivity index (χ0) is 13.2. The van der Waals surface area contributed by atoms with Crippen molar-refractivity contribution >= 4 is 17.3 Å². The lowest BCUT2D eigenvalue weighted by atomic mass is 9.76. The Morgan fingerprint density at radius 2 is 2.05 bits per heavy atom. The predicted molar refractivity (Wildman–Crippen MR) is 75.0 cm³/mol. The van der Waals surface area contributed by atoms with Crippen molar-refractivity contribution in [1.82, 2.24) is 4.98 Å². The molecule has 1 aromatic carbocycles. The highest BCUT2D eigenvalue weighted by Crippen LogP contribution is 2.39. The molecule has 1 aromatic heterocycles. The third kappa shape index (κ3) is 2.87. The Kier molecular flexibility index (Phi) is 3.38. The first-order chi connectivity index (χ1) is 9.20. The second-order valence-corrected chi connectivity index (χ2v) is 5.37. The van der Waals surface area contributed by atoms with Gasteiger partial charge >= 0.3 is 0 Å². The summed E-state index contributed by atoms with van der Waals surface area (Å²) in [4.78, 5) is 3.63. The summed E-state index contributed by atoms with van der Waals surface area (Å²) in [7, 11) is 0. The second-order valence-electron chi connectivity index (χ2n) is 4.93. The van der Waals surface area contributed by atoms with E-state index in [2.05, 4.69) is 16.4 Å². The molecule has 1 aliphatic rings. The number of nitrogens with zero attached hydrogens (tertiary/aromatic N) is 1. The lowest BCUT2D eigenvalue weighted by Crippen LogP contribution is -2.34.